The Morgan fingerprint density at radius 2 is 1.47 bits per heavy atom. The van der Waals surface area contributed by atoms with Gasteiger partial charge in [0.1, 0.15) is 11.5 Å². The van der Waals surface area contributed by atoms with Crippen molar-refractivity contribution >= 4 is 50.0 Å². The molecule has 1 amide bonds. The van der Waals surface area contributed by atoms with E-state index < -0.39 is 10.0 Å². The summed E-state index contributed by atoms with van der Waals surface area (Å²) in [7, 11) is -1.03. The molecule has 11 heteroatoms. The number of rotatable bonds is 10. The van der Waals surface area contributed by atoms with Gasteiger partial charge in [0.15, 0.2) is 11.6 Å². The number of benzene rings is 3. The van der Waals surface area contributed by atoms with Crippen molar-refractivity contribution in [2.45, 2.75) is 25.2 Å². The quantitative estimate of drug-likeness (QED) is 0.253. The fourth-order valence-electron chi connectivity index (χ4n) is 3.68. The SMILES string of the molecule is COc1cc(Nc2nc3ccccc3nc2NS(=O)(=O)c2cccc(NC(=O)CC(C)C)c2)cc(OC)c1. The van der Waals surface area contributed by atoms with Crippen molar-refractivity contribution in [3.63, 3.8) is 0 Å². The topological polar surface area (TPSA) is 132 Å². The van der Waals surface area contributed by atoms with Crippen molar-refractivity contribution in [3.05, 3.63) is 66.7 Å². The molecule has 0 unspecified atom stereocenters. The second-order valence-corrected chi connectivity index (χ2v) is 10.6. The summed E-state index contributed by atoms with van der Waals surface area (Å²) < 4.78 is 40.0. The Morgan fingerprint density at radius 3 is 2.08 bits per heavy atom. The van der Waals surface area contributed by atoms with Crippen LogP contribution in [0.25, 0.3) is 11.0 Å². The average molecular weight is 536 g/mol. The molecule has 3 aromatic carbocycles. The van der Waals surface area contributed by atoms with E-state index in [4.69, 9.17) is 9.47 Å². The first-order chi connectivity index (χ1) is 18.2. The number of carbonyl (C=O) groups is 1. The van der Waals surface area contributed by atoms with E-state index in [1.165, 1.54) is 26.4 Å². The molecular weight excluding hydrogens is 506 g/mol. The second kappa shape index (κ2) is 11.3. The van der Waals surface area contributed by atoms with E-state index in [-0.39, 0.29) is 28.4 Å². The number of carbonyl (C=O) groups excluding carboxylic acids is 1. The summed E-state index contributed by atoms with van der Waals surface area (Å²) in [6, 6.07) is 18.3. The van der Waals surface area contributed by atoms with Gasteiger partial charge in [0.25, 0.3) is 10.0 Å². The van der Waals surface area contributed by atoms with Gasteiger partial charge in [-0.15, -0.1) is 0 Å². The monoisotopic (exact) mass is 535 g/mol. The van der Waals surface area contributed by atoms with Crippen LogP contribution in [0.3, 0.4) is 0 Å². The minimum Gasteiger partial charge on any atom is -0.497 e. The first-order valence-electron chi connectivity index (χ1n) is 11.9. The number of aromatic nitrogens is 2. The maximum atomic E-state index is 13.4. The van der Waals surface area contributed by atoms with E-state index in [0.29, 0.717) is 40.3 Å². The lowest BCUT2D eigenvalue weighted by Crippen LogP contribution is -2.17. The normalized spacial score (nSPS) is 11.3. The van der Waals surface area contributed by atoms with Crippen molar-refractivity contribution < 1.29 is 22.7 Å². The van der Waals surface area contributed by atoms with Gasteiger partial charge in [0, 0.05) is 36.0 Å². The van der Waals surface area contributed by atoms with Crippen LogP contribution in [0.2, 0.25) is 0 Å². The molecule has 1 heterocycles. The molecule has 4 rings (SSSR count). The van der Waals surface area contributed by atoms with Crippen molar-refractivity contribution in [3.8, 4) is 11.5 Å². The van der Waals surface area contributed by atoms with Gasteiger partial charge < -0.3 is 20.1 Å². The maximum absolute atomic E-state index is 13.4. The molecule has 0 aliphatic heterocycles. The number of nitrogens with one attached hydrogen (secondary N) is 3. The third kappa shape index (κ3) is 6.48. The van der Waals surface area contributed by atoms with Gasteiger partial charge in [-0.1, -0.05) is 32.0 Å². The number of sulfonamides is 1. The van der Waals surface area contributed by atoms with Gasteiger partial charge in [-0.25, -0.2) is 18.4 Å². The van der Waals surface area contributed by atoms with Crippen LogP contribution in [0, 0.1) is 5.92 Å². The minimum atomic E-state index is -4.10. The molecule has 0 bridgehead atoms. The number of para-hydroxylation sites is 2. The van der Waals surface area contributed by atoms with Crippen molar-refractivity contribution in [2.24, 2.45) is 5.92 Å². The first-order valence-corrected chi connectivity index (χ1v) is 13.3. The Bertz CT molecular complexity index is 1550. The number of hydrogen-bond acceptors (Lipinski definition) is 8. The highest BCUT2D eigenvalue weighted by atomic mass is 32.2. The van der Waals surface area contributed by atoms with E-state index in [2.05, 4.69) is 25.3 Å². The highest BCUT2D eigenvalue weighted by molar-refractivity contribution is 7.92. The Hall–Kier alpha value is -4.38. The summed E-state index contributed by atoms with van der Waals surface area (Å²) in [6.45, 7) is 3.87. The third-order valence-corrected chi connectivity index (χ3v) is 6.77. The molecule has 0 saturated carbocycles. The number of fused-ring (bicyclic) bond motifs is 1. The highest BCUT2D eigenvalue weighted by Gasteiger charge is 2.20. The number of hydrogen-bond donors (Lipinski definition) is 3. The lowest BCUT2D eigenvalue weighted by atomic mass is 10.1. The summed E-state index contributed by atoms with van der Waals surface area (Å²) in [5.41, 5.74) is 2.02. The van der Waals surface area contributed by atoms with Gasteiger partial charge in [0.2, 0.25) is 5.91 Å². The summed E-state index contributed by atoms with van der Waals surface area (Å²) in [4.78, 5) is 21.3. The Labute approximate surface area is 221 Å². The zero-order chi connectivity index (χ0) is 27.3. The zero-order valence-electron chi connectivity index (χ0n) is 21.5. The summed E-state index contributed by atoms with van der Waals surface area (Å²) in [5, 5.41) is 5.87. The van der Waals surface area contributed by atoms with Crippen LogP contribution in [0.4, 0.5) is 23.0 Å². The minimum absolute atomic E-state index is 0.000247. The molecule has 3 N–H and O–H groups in total. The summed E-state index contributed by atoms with van der Waals surface area (Å²) in [6.07, 6.45) is 0.325. The van der Waals surface area contributed by atoms with Crippen LogP contribution in [0.15, 0.2) is 71.6 Å². The fraction of sp³-hybridized carbons (Fsp3) is 0.222. The molecule has 38 heavy (non-hydrogen) atoms. The Balaban J connectivity index is 1.69. The number of ether oxygens (including phenoxy) is 2. The maximum Gasteiger partial charge on any atom is 0.263 e. The van der Waals surface area contributed by atoms with E-state index in [9.17, 15) is 13.2 Å². The lowest BCUT2D eigenvalue weighted by molar-refractivity contribution is -0.116. The number of nitrogens with zero attached hydrogens (tertiary/aromatic N) is 2. The summed E-state index contributed by atoms with van der Waals surface area (Å²) in [5.74, 6) is 1.25. The molecule has 1 aromatic heterocycles. The van der Waals surface area contributed by atoms with Gasteiger partial charge in [-0.05, 0) is 36.2 Å². The molecule has 0 atom stereocenters. The van der Waals surface area contributed by atoms with Crippen LogP contribution < -0.4 is 24.8 Å². The van der Waals surface area contributed by atoms with Crippen LogP contribution >= 0.6 is 0 Å². The van der Waals surface area contributed by atoms with E-state index in [1.54, 1.807) is 48.5 Å². The van der Waals surface area contributed by atoms with E-state index >= 15 is 0 Å². The molecule has 0 radical (unpaired) electrons. The van der Waals surface area contributed by atoms with Crippen LogP contribution in [0.5, 0.6) is 11.5 Å². The highest BCUT2D eigenvalue weighted by Crippen LogP contribution is 2.31. The van der Waals surface area contributed by atoms with Gasteiger partial charge in [-0.3, -0.25) is 9.52 Å². The van der Waals surface area contributed by atoms with Crippen LogP contribution in [0.1, 0.15) is 20.3 Å². The van der Waals surface area contributed by atoms with Crippen molar-refractivity contribution in [1.82, 2.24) is 9.97 Å². The lowest BCUT2D eigenvalue weighted by Gasteiger charge is -2.15. The smallest absolute Gasteiger partial charge is 0.263 e. The predicted molar refractivity (Wildman–Crippen MR) is 148 cm³/mol. The Morgan fingerprint density at radius 1 is 0.842 bits per heavy atom. The molecule has 0 aliphatic rings. The standard InChI is InChI=1S/C27H29N5O5S/c1-17(2)12-25(33)28-18-8-7-9-22(15-18)38(34,35)32-27-26(30-23-10-5-6-11-24(23)31-27)29-19-13-20(36-3)16-21(14-19)37-4/h5-11,13-17H,12H2,1-4H3,(H,28,33)(H,29,30)(H,31,32). The zero-order valence-corrected chi connectivity index (χ0v) is 22.3. The average Bonchev–Trinajstić information content (AvgIpc) is 2.88. The van der Waals surface area contributed by atoms with E-state index in [1.807, 2.05) is 19.9 Å². The van der Waals surface area contributed by atoms with Crippen molar-refractivity contribution in [2.75, 3.05) is 29.6 Å². The number of methoxy groups -OCH3 is 2. The first kappa shape index (κ1) is 26.7. The fourth-order valence-corrected chi connectivity index (χ4v) is 4.74. The van der Waals surface area contributed by atoms with Gasteiger partial charge in [-0.2, -0.15) is 0 Å². The van der Waals surface area contributed by atoms with E-state index in [0.717, 1.165) is 0 Å². The second-order valence-electron chi connectivity index (χ2n) is 8.92. The van der Waals surface area contributed by atoms with Crippen LogP contribution in [-0.2, 0) is 14.8 Å². The predicted octanol–water partition coefficient (Wildman–Crippen LogP) is 5.18. The third-order valence-electron chi connectivity index (χ3n) is 5.44. The molecule has 0 aliphatic carbocycles. The molecule has 198 valence electrons. The largest absolute Gasteiger partial charge is 0.497 e. The number of amides is 1. The number of anilines is 4. The molecule has 0 spiro atoms. The molecule has 0 fully saturated rings. The van der Waals surface area contributed by atoms with Crippen LogP contribution in [-0.4, -0.2) is 38.5 Å². The van der Waals surface area contributed by atoms with Gasteiger partial charge in [0.05, 0.1) is 30.1 Å². The van der Waals surface area contributed by atoms with Gasteiger partial charge >= 0.3 is 0 Å². The Kier molecular flexibility index (Phi) is 7.96. The molecular formula is C27H29N5O5S. The molecule has 10 nitrogen and oxygen atoms in total. The van der Waals surface area contributed by atoms with Crippen molar-refractivity contribution in [1.29, 1.82) is 0 Å². The summed E-state index contributed by atoms with van der Waals surface area (Å²) >= 11 is 0. The molecule has 4 aromatic rings. The molecule has 0 saturated heterocycles.